The van der Waals surface area contributed by atoms with E-state index in [-0.39, 0.29) is 16.8 Å². The molecule has 1 aromatic carbocycles. The van der Waals surface area contributed by atoms with E-state index in [1.807, 2.05) is 5.32 Å². The number of nitrogens with one attached hydrogen (secondary N) is 2. The number of rotatable bonds is 4. The van der Waals surface area contributed by atoms with Crippen molar-refractivity contribution >= 4 is 23.6 Å². The molecule has 2 N–H and O–H groups in total. The van der Waals surface area contributed by atoms with Crippen LogP contribution < -0.4 is 10.6 Å². The zero-order valence-electron chi connectivity index (χ0n) is 13.8. The highest BCUT2D eigenvalue weighted by Gasteiger charge is 2.20. The molecule has 1 aromatic rings. The fourth-order valence-electron chi connectivity index (χ4n) is 1.79. The maximum Gasteiger partial charge on any atom is 0.339 e. The molecule has 0 bridgehead atoms. The lowest BCUT2D eigenvalue weighted by atomic mass is 10.1. The van der Waals surface area contributed by atoms with Crippen LogP contribution in [-0.2, 0) is 9.53 Å². The summed E-state index contributed by atoms with van der Waals surface area (Å²) in [6.45, 7) is 5.94. The third-order valence-electron chi connectivity index (χ3n) is 2.80. The first-order valence-electron chi connectivity index (χ1n) is 7.04. The van der Waals surface area contributed by atoms with E-state index in [1.165, 1.54) is 25.1 Å². The van der Waals surface area contributed by atoms with Crippen LogP contribution in [0.4, 0.5) is 10.5 Å². The lowest BCUT2D eigenvalue weighted by Gasteiger charge is -2.20. The van der Waals surface area contributed by atoms with Crippen molar-refractivity contribution in [3.8, 4) is 0 Å². The summed E-state index contributed by atoms with van der Waals surface area (Å²) in [7, 11) is 0. The minimum Gasteiger partial charge on any atom is -0.452 e. The quantitative estimate of drug-likeness (QED) is 0.489. The van der Waals surface area contributed by atoms with Gasteiger partial charge in [-0.25, -0.2) is 9.59 Å². The third kappa shape index (κ3) is 5.67. The SMILES string of the molecule is Cc1c(C(=O)OCC(=O)NC(=O)NC(C)(C)C)cccc1[N+](=O)[O-]. The standard InChI is InChI=1S/C15H19N3O6/c1-9-10(6-5-7-11(9)18(22)23)13(20)24-8-12(19)16-14(21)17-15(2,3)4/h5-7H,8H2,1-4H3,(H2,16,17,19,21). The minimum absolute atomic E-state index is 0.0175. The summed E-state index contributed by atoms with van der Waals surface area (Å²) in [5.74, 6) is -1.70. The molecule has 0 aromatic heterocycles. The van der Waals surface area contributed by atoms with Crippen molar-refractivity contribution in [1.29, 1.82) is 0 Å². The number of hydrogen-bond donors (Lipinski definition) is 2. The lowest BCUT2D eigenvalue weighted by molar-refractivity contribution is -0.385. The number of carbonyl (C=O) groups excluding carboxylic acids is 3. The molecule has 9 nitrogen and oxygen atoms in total. The van der Waals surface area contributed by atoms with Crippen LogP contribution in [0.1, 0.15) is 36.7 Å². The Morgan fingerprint density at radius 1 is 1.25 bits per heavy atom. The van der Waals surface area contributed by atoms with Crippen LogP contribution in [0, 0.1) is 17.0 Å². The van der Waals surface area contributed by atoms with Crippen molar-refractivity contribution in [1.82, 2.24) is 10.6 Å². The van der Waals surface area contributed by atoms with Gasteiger partial charge in [-0.05, 0) is 33.8 Å². The van der Waals surface area contributed by atoms with Gasteiger partial charge in [0.15, 0.2) is 6.61 Å². The predicted octanol–water partition coefficient (Wildman–Crippen LogP) is 1.68. The van der Waals surface area contributed by atoms with Crippen LogP contribution in [-0.4, -0.2) is 35.0 Å². The Morgan fingerprint density at radius 3 is 2.42 bits per heavy atom. The number of benzene rings is 1. The van der Waals surface area contributed by atoms with E-state index in [4.69, 9.17) is 4.74 Å². The molecule has 0 aliphatic heterocycles. The van der Waals surface area contributed by atoms with Gasteiger partial charge in [0, 0.05) is 17.2 Å². The largest absolute Gasteiger partial charge is 0.452 e. The number of esters is 1. The molecule has 0 unspecified atom stereocenters. The van der Waals surface area contributed by atoms with Crippen LogP contribution in [0.3, 0.4) is 0 Å². The highest BCUT2D eigenvalue weighted by Crippen LogP contribution is 2.21. The fourth-order valence-corrected chi connectivity index (χ4v) is 1.79. The van der Waals surface area contributed by atoms with Gasteiger partial charge in [0.25, 0.3) is 11.6 Å². The first-order valence-corrected chi connectivity index (χ1v) is 7.04. The minimum atomic E-state index is -0.887. The Balaban J connectivity index is 2.64. The van der Waals surface area contributed by atoms with Crippen molar-refractivity contribution in [2.45, 2.75) is 33.2 Å². The summed E-state index contributed by atoms with van der Waals surface area (Å²) >= 11 is 0. The fraction of sp³-hybridized carbons (Fsp3) is 0.400. The Kier molecular flexibility index (Phi) is 5.99. The van der Waals surface area contributed by atoms with E-state index in [9.17, 15) is 24.5 Å². The van der Waals surface area contributed by atoms with E-state index in [0.717, 1.165) is 0 Å². The van der Waals surface area contributed by atoms with Crippen LogP contribution in [0.25, 0.3) is 0 Å². The van der Waals surface area contributed by atoms with E-state index in [0.29, 0.717) is 0 Å². The molecule has 0 atom stereocenters. The van der Waals surface area contributed by atoms with Gasteiger partial charge in [-0.3, -0.25) is 20.2 Å². The molecule has 0 fully saturated rings. The third-order valence-corrected chi connectivity index (χ3v) is 2.80. The van der Waals surface area contributed by atoms with Crippen molar-refractivity contribution in [2.24, 2.45) is 0 Å². The van der Waals surface area contributed by atoms with E-state index < -0.39 is 35.0 Å². The number of ether oxygens (including phenoxy) is 1. The maximum atomic E-state index is 11.9. The first-order chi connectivity index (χ1) is 11.0. The Labute approximate surface area is 138 Å². The lowest BCUT2D eigenvalue weighted by Crippen LogP contribution is -2.49. The number of imide groups is 1. The second-order valence-corrected chi connectivity index (χ2v) is 6.04. The second kappa shape index (κ2) is 7.53. The molecule has 0 saturated heterocycles. The van der Waals surface area contributed by atoms with E-state index in [1.54, 1.807) is 20.8 Å². The van der Waals surface area contributed by atoms with Gasteiger partial charge < -0.3 is 10.1 Å². The van der Waals surface area contributed by atoms with Crippen LogP contribution in [0.15, 0.2) is 18.2 Å². The van der Waals surface area contributed by atoms with Gasteiger partial charge in [-0.15, -0.1) is 0 Å². The molecular formula is C15H19N3O6. The van der Waals surface area contributed by atoms with Gasteiger partial charge in [0.1, 0.15) is 0 Å². The van der Waals surface area contributed by atoms with E-state index >= 15 is 0 Å². The zero-order chi connectivity index (χ0) is 18.5. The van der Waals surface area contributed by atoms with Gasteiger partial charge in [0.2, 0.25) is 0 Å². The smallest absolute Gasteiger partial charge is 0.339 e. The monoisotopic (exact) mass is 337 g/mol. The average Bonchev–Trinajstić information content (AvgIpc) is 2.42. The van der Waals surface area contributed by atoms with Crippen LogP contribution in [0.5, 0.6) is 0 Å². The zero-order valence-corrected chi connectivity index (χ0v) is 13.8. The summed E-state index contributed by atoms with van der Waals surface area (Å²) in [6.07, 6.45) is 0. The second-order valence-electron chi connectivity index (χ2n) is 6.04. The summed E-state index contributed by atoms with van der Waals surface area (Å²) in [6, 6.07) is 3.25. The molecule has 3 amide bonds. The summed E-state index contributed by atoms with van der Waals surface area (Å²) in [5.41, 5.74) is -0.630. The predicted molar refractivity (Wildman–Crippen MR) is 84.5 cm³/mol. The number of urea groups is 1. The molecule has 0 aliphatic carbocycles. The molecule has 0 spiro atoms. The van der Waals surface area contributed by atoms with Gasteiger partial charge in [-0.1, -0.05) is 6.07 Å². The molecule has 9 heteroatoms. The van der Waals surface area contributed by atoms with Crippen LogP contribution in [0.2, 0.25) is 0 Å². The normalized spacial score (nSPS) is 10.7. The number of carbonyl (C=O) groups is 3. The summed E-state index contributed by atoms with van der Waals surface area (Å²) in [5, 5.41) is 15.4. The molecule has 0 saturated carbocycles. The highest BCUT2D eigenvalue weighted by atomic mass is 16.6. The number of nitrogens with zero attached hydrogens (tertiary/aromatic N) is 1. The van der Waals surface area contributed by atoms with Gasteiger partial charge in [0.05, 0.1) is 10.5 Å². The first kappa shape index (κ1) is 19.1. The Morgan fingerprint density at radius 2 is 1.88 bits per heavy atom. The van der Waals surface area contributed by atoms with Crippen molar-refractivity contribution in [3.63, 3.8) is 0 Å². The highest BCUT2D eigenvalue weighted by molar-refractivity contribution is 5.97. The van der Waals surface area contributed by atoms with Crippen molar-refractivity contribution in [2.75, 3.05) is 6.61 Å². The molecular weight excluding hydrogens is 318 g/mol. The van der Waals surface area contributed by atoms with Crippen LogP contribution >= 0.6 is 0 Å². The van der Waals surface area contributed by atoms with Gasteiger partial charge >= 0.3 is 12.0 Å². The number of amides is 3. The molecule has 0 heterocycles. The summed E-state index contributed by atoms with van der Waals surface area (Å²) in [4.78, 5) is 45.2. The molecule has 0 aliphatic rings. The Bertz CT molecular complexity index is 678. The molecule has 24 heavy (non-hydrogen) atoms. The van der Waals surface area contributed by atoms with Crippen molar-refractivity contribution in [3.05, 3.63) is 39.4 Å². The average molecular weight is 337 g/mol. The van der Waals surface area contributed by atoms with Gasteiger partial charge in [-0.2, -0.15) is 0 Å². The number of nitro benzene ring substituents is 1. The molecule has 130 valence electrons. The maximum absolute atomic E-state index is 11.9. The number of hydrogen-bond acceptors (Lipinski definition) is 6. The van der Waals surface area contributed by atoms with E-state index in [2.05, 4.69) is 5.32 Å². The van der Waals surface area contributed by atoms with Crippen molar-refractivity contribution < 1.29 is 24.0 Å². The Hall–Kier alpha value is -2.97. The molecule has 1 rings (SSSR count). The molecule has 0 radical (unpaired) electrons. The summed E-state index contributed by atoms with van der Waals surface area (Å²) < 4.78 is 4.78. The topological polar surface area (TPSA) is 128 Å². The number of nitro groups is 1.